The summed E-state index contributed by atoms with van der Waals surface area (Å²) in [6.07, 6.45) is 0.729. The van der Waals surface area contributed by atoms with Crippen LogP contribution in [0.2, 0.25) is 0 Å². The van der Waals surface area contributed by atoms with Gasteiger partial charge in [-0.15, -0.1) is 0 Å². The highest BCUT2D eigenvalue weighted by Crippen LogP contribution is 2.35. The van der Waals surface area contributed by atoms with E-state index < -0.39 is 0 Å². The molecule has 0 amide bonds. The number of benzene rings is 2. The Morgan fingerprint density at radius 1 is 1.08 bits per heavy atom. The van der Waals surface area contributed by atoms with Gasteiger partial charge >= 0.3 is 0 Å². The first-order valence-electron chi connectivity index (χ1n) is 8.63. The molecule has 24 heavy (non-hydrogen) atoms. The smallest absolute Gasteiger partial charge is 0.137 e. The molecule has 1 aliphatic heterocycles. The molecule has 0 aromatic heterocycles. The predicted octanol–water partition coefficient (Wildman–Crippen LogP) is 4.88. The average Bonchev–Trinajstić information content (AvgIpc) is 2.55. The van der Waals surface area contributed by atoms with E-state index in [-0.39, 0.29) is 0 Å². The molecule has 0 saturated heterocycles. The molecule has 1 radical (unpaired) electrons. The second kappa shape index (κ2) is 6.68. The molecule has 0 atom stereocenters. The second-order valence-corrected chi connectivity index (χ2v) is 6.13. The molecule has 0 saturated carbocycles. The number of fused-ring (bicyclic) bond motifs is 2. The number of nitrogens with one attached hydrogen (secondary N) is 1. The molecule has 0 bridgehead atoms. The Morgan fingerprint density at radius 2 is 1.88 bits per heavy atom. The van der Waals surface area contributed by atoms with Crippen molar-refractivity contribution in [3.63, 3.8) is 0 Å². The quantitative estimate of drug-likeness (QED) is 0.695. The highest BCUT2D eigenvalue weighted by molar-refractivity contribution is 5.91. The van der Waals surface area contributed by atoms with Crippen molar-refractivity contribution >= 4 is 16.7 Å². The standard InChI is InChI=1S/C21H25N2O/c1-6-15-16-9-13(4)18(22-7-2)11-20(16)24-21-12-19(23-8-3)14(5)10-17(15)21/h9-12,22H,1,6-8H2,2-5H3. The topological polar surface area (TPSA) is 37.5 Å². The third-order valence-electron chi connectivity index (χ3n) is 4.44. The van der Waals surface area contributed by atoms with Gasteiger partial charge in [-0.05, 0) is 69.9 Å². The van der Waals surface area contributed by atoms with Crippen LogP contribution in [-0.4, -0.2) is 13.1 Å². The van der Waals surface area contributed by atoms with Gasteiger partial charge in [-0.25, -0.2) is 0 Å². The molecule has 3 rings (SSSR count). The Labute approximate surface area is 143 Å². The molecule has 0 unspecified atom stereocenters. The molecule has 0 fully saturated rings. The molecular weight excluding hydrogens is 296 g/mol. The van der Waals surface area contributed by atoms with Crippen LogP contribution in [0.15, 0.2) is 33.7 Å². The summed E-state index contributed by atoms with van der Waals surface area (Å²) < 4.78 is 6.24. The normalized spacial score (nSPS) is 12.3. The van der Waals surface area contributed by atoms with Crippen LogP contribution < -0.4 is 10.7 Å². The summed E-state index contributed by atoms with van der Waals surface area (Å²) in [5.74, 6) is 0.880. The van der Waals surface area contributed by atoms with E-state index in [1.54, 1.807) is 0 Å². The maximum atomic E-state index is 6.24. The van der Waals surface area contributed by atoms with Crippen LogP contribution in [-0.2, 0) is 6.42 Å². The van der Waals surface area contributed by atoms with Gasteiger partial charge in [0.2, 0.25) is 0 Å². The van der Waals surface area contributed by atoms with Crippen molar-refractivity contribution in [2.75, 3.05) is 18.4 Å². The third-order valence-corrected chi connectivity index (χ3v) is 4.44. The van der Waals surface area contributed by atoms with Crippen LogP contribution >= 0.6 is 0 Å². The van der Waals surface area contributed by atoms with Gasteiger partial charge in [0, 0.05) is 41.9 Å². The summed E-state index contributed by atoms with van der Waals surface area (Å²) in [6, 6.07) is 8.54. The Morgan fingerprint density at radius 3 is 2.54 bits per heavy atom. The molecule has 0 spiro atoms. The Kier molecular flexibility index (Phi) is 4.61. The van der Waals surface area contributed by atoms with Crippen molar-refractivity contribution in [1.29, 1.82) is 0 Å². The minimum absolute atomic E-state index is 0.729. The lowest BCUT2D eigenvalue weighted by Crippen LogP contribution is -2.09. The highest BCUT2D eigenvalue weighted by Gasteiger charge is 2.16. The van der Waals surface area contributed by atoms with E-state index in [2.05, 4.69) is 62.3 Å². The fraction of sp³-hybridized carbons (Fsp3) is 0.333. The van der Waals surface area contributed by atoms with Gasteiger partial charge in [0.05, 0.1) is 5.36 Å². The maximum Gasteiger partial charge on any atom is 0.137 e. The van der Waals surface area contributed by atoms with Crippen LogP contribution in [0.1, 0.15) is 30.5 Å². The number of aryl methyl sites for hydroxylation is 2. The Balaban J connectivity index is 2.39. The molecule has 1 heterocycles. The monoisotopic (exact) mass is 321 g/mol. The summed E-state index contributed by atoms with van der Waals surface area (Å²) in [7, 11) is 0. The highest BCUT2D eigenvalue weighted by atomic mass is 16.3. The zero-order valence-corrected chi connectivity index (χ0v) is 15.0. The van der Waals surface area contributed by atoms with E-state index in [9.17, 15) is 0 Å². The van der Waals surface area contributed by atoms with Gasteiger partial charge < -0.3 is 9.73 Å². The number of hydrogen-bond acceptors (Lipinski definition) is 3. The van der Waals surface area contributed by atoms with Crippen molar-refractivity contribution < 1.29 is 4.42 Å². The fourth-order valence-electron chi connectivity index (χ4n) is 3.26. The van der Waals surface area contributed by atoms with E-state index in [0.29, 0.717) is 0 Å². The van der Waals surface area contributed by atoms with Crippen molar-refractivity contribution in [1.82, 2.24) is 0 Å². The first-order chi connectivity index (χ1) is 11.6. The molecule has 3 nitrogen and oxygen atoms in total. The van der Waals surface area contributed by atoms with Crippen molar-refractivity contribution in [3.8, 4) is 11.3 Å². The summed E-state index contributed by atoms with van der Waals surface area (Å²) in [6.45, 7) is 14.2. The maximum absolute atomic E-state index is 6.24. The van der Waals surface area contributed by atoms with Crippen LogP contribution in [0.25, 0.3) is 22.3 Å². The summed E-state index contributed by atoms with van der Waals surface area (Å²) in [4.78, 5) is 4.57. The molecule has 1 aromatic rings. The van der Waals surface area contributed by atoms with Gasteiger partial charge in [0.15, 0.2) is 0 Å². The Bertz CT molecular complexity index is 921. The molecule has 125 valence electrons. The molecule has 1 aromatic carbocycles. The van der Waals surface area contributed by atoms with E-state index >= 15 is 0 Å². The van der Waals surface area contributed by atoms with Gasteiger partial charge in [-0.1, -0.05) is 0 Å². The lowest BCUT2D eigenvalue weighted by atomic mass is 9.95. The van der Waals surface area contributed by atoms with Gasteiger partial charge in [0.1, 0.15) is 11.3 Å². The largest absolute Gasteiger partial charge is 0.456 e. The Hall–Kier alpha value is -2.29. The lowest BCUT2D eigenvalue weighted by molar-refractivity contribution is 0.616. The van der Waals surface area contributed by atoms with E-state index in [0.717, 1.165) is 52.8 Å². The van der Waals surface area contributed by atoms with Crippen molar-refractivity contribution in [2.24, 2.45) is 4.99 Å². The summed E-state index contributed by atoms with van der Waals surface area (Å²) in [5.41, 5.74) is 6.80. The summed E-state index contributed by atoms with van der Waals surface area (Å²) >= 11 is 0. The SMILES string of the molecule is [CH2]Cc1c2cc(C)c(=NCC)cc-2oc2cc(NCC)c(C)cc12. The van der Waals surface area contributed by atoms with E-state index in [1.807, 2.05) is 6.92 Å². The molecule has 2 aliphatic rings. The van der Waals surface area contributed by atoms with Crippen LogP contribution in [0, 0.1) is 20.8 Å². The second-order valence-electron chi connectivity index (χ2n) is 6.13. The van der Waals surface area contributed by atoms with E-state index in [4.69, 9.17) is 4.42 Å². The molecular formula is C21H25N2O. The lowest BCUT2D eigenvalue weighted by Gasteiger charge is -2.17. The summed E-state index contributed by atoms with van der Waals surface area (Å²) in [5, 5.41) is 5.55. The van der Waals surface area contributed by atoms with Crippen LogP contribution in [0.4, 0.5) is 5.69 Å². The third kappa shape index (κ3) is 2.79. The number of nitrogens with zero attached hydrogens (tertiary/aromatic N) is 1. The van der Waals surface area contributed by atoms with E-state index in [1.165, 1.54) is 16.7 Å². The zero-order valence-electron chi connectivity index (χ0n) is 15.0. The molecule has 3 heteroatoms. The average molecular weight is 321 g/mol. The molecule has 1 aliphatic carbocycles. The van der Waals surface area contributed by atoms with Crippen molar-refractivity contribution in [2.45, 2.75) is 34.1 Å². The minimum Gasteiger partial charge on any atom is -0.456 e. The number of hydrogen-bond donors (Lipinski definition) is 1. The van der Waals surface area contributed by atoms with Gasteiger partial charge in [-0.2, -0.15) is 0 Å². The first kappa shape index (κ1) is 16.6. The number of anilines is 1. The zero-order chi connectivity index (χ0) is 17.3. The first-order valence-corrected chi connectivity index (χ1v) is 8.63. The molecule has 1 N–H and O–H groups in total. The van der Waals surface area contributed by atoms with Crippen LogP contribution in [0.3, 0.4) is 0 Å². The number of rotatable bonds is 4. The van der Waals surface area contributed by atoms with Gasteiger partial charge in [-0.3, -0.25) is 4.99 Å². The minimum atomic E-state index is 0.729. The van der Waals surface area contributed by atoms with Crippen molar-refractivity contribution in [3.05, 3.63) is 53.2 Å². The van der Waals surface area contributed by atoms with Crippen LogP contribution in [0.5, 0.6) is 0 Å². The van der Waals surface area contributed by atoms with Gasteiger partial charge in [0.25, 0.3) is 0 Å². The fourth-order valence-corrected chi connectivity index (χ4v) is 3.26. The predicted molar refractivity (Wildman–Crippen MR) is 102 cm³/mol.